The van der Waals surface area contributed by atoms with Gasteiger partial charge in [-0.1, -0.05) is 0 Å². The fourth-order valence-corrected chi connectivity index (χ4v) is 2.29. The number of nitrogens with two attached hydrogens (primary N) is 1. The standard InChI is InChI=1S/C14H20N2/c1-8-9(2)11(4)14(12(5)10(8)3)13(16)6-7-15/h13H,6,16H2,1-5H3/t13-/m1/s1. The average molecular weight is 216 g/mol. The van der Waals surface area contributed by atoms with Gasteiger partial charge in [-0.3, -0.25) is 0 Å². The molecule has 2 nitrogen and oxygen atoms in total. The van der Waals surface area contributed by atoms with E-state index in [1.165, 1.54) is 27.8 Å². The number of nitriles is 1. The van der Waals surface area contributed by atoms with Crippen molar-refractivity contribution < 1.29 is 0 Å². The van der Waals surface area contributed by atoms with E-state index in [4.69, 9.17) is 11.0 Å². The molecular weight excluding hydrogens is 196 g/mol. The Morgan fingerprint density at radius 3 is 1.69 bits per heavy atom. The molecule has 0 amide bonds. The first-order valence-corrected chi connectivity index (χ1v) is 5.61. The van der Waals surface area contributed by atoms with Crippen molar-refractivity contribution in [3.05, 3.63) is 33.4 Å². The zero-order chi connectivity index (χ0) is 12.5. The summed E-state index contributed by atoms with van der Waals surface area (Å²) in [4.78, 5) is 0. The zero-order valence-corrected chi connectivity index (χ0v) is 10.8. The Morgan fingerprint density at radius 1 is 0.938 bits per heavy atom. The largest absolute Gasteiger partial charge is 0.323 e. The first-order chi connectivity index (χ1) is 7.41. The molecule has 0 radical (unpaired) electrons. The molecule has 0 unspecified atom stereocenters. The molecular formula is C14H20N2. The summed E-state index contributed by atoms with van der Waals surface area (Å²) < 4.78 is 0. The third-order valence-electron chi connectivity index (χ3n) is 3.74. The third-order valence-corrected chi connectivity index (χ3v) is 3.74. The summed E-state index contributed by atoms with van der Waals surface area (Å²) in [6.07, 6.45) is 0.379. The van der Waals surface area contributed by atoms with Crippen molar-refractivity contribution in [2.75, 3.05) is 0 Å². The second-order valence-corrected chi connectivity index (χ2v) is 4.51. The SMILES string of the molecule is Cc1c(C)c(C)c([C@H](N)CC#N)c(C)c1C. The van der Waals surface area contributed by atoms with Gasteiger partial charge in [-0.15, -0.1) is 0 Å². The van der Waals surface area contributed by atoms with Crippen LogP contribution in [0.15, 0.2) is 0 Å². The van der Waals surface area contributed by atoms with Crippen LogP contribution in [0.1, 0.15) is 45.8 Å². The second-order valence-electron chi connectivity index (χ2n) is 4.51. The van der Waals surface area contributed by atoms with E-state index in [-0.39, 0.29) is 6.04 Å². The topological polar surface area (TPSA) is 49.8 Å². The Kier molecular flexibility index (Phi) is 3.72. The maximum Gasteiger partial charge on any atom is 0.0641 e. The van der Waals surface area contributed by atoms with E-state index in [1.54, 1.807) is 0 Å². The van der Waals surface area contributed by atoms with Crippen LogP contribution in [0.3, 0.4) is 0 Å². The van der Waals surface area contributed by atoms with Crippen molar-refractivity contribution in [1.29, 1.82) is 5.26 Å². The minimum Gasteiger partial charge on any atom is -0.323 e. The van der Waals surface area contributed by atoms with E-state index in [0.717, 1.165) is 5.56 Å². The monoisotopic (exact) mass is 216 g/mol. The van der Waals surface area contributed by atoms with Crippen molar-refractivity contribution in [3.63, 3.8) is 0 Å². The fourth-order valence-electron chi connectivity index (χ4n) is 2.29. The lowest BCUT2D eigenvalue weighted by Gasteiger charge is -2.21. The molecule has 0 aliphatic carbocycles. The maximum atomic E-state index is 8.74. The van der Waals surface area contributed by atoms with Gasteiger partial charge in [0.2, 0.25) is 0 Å². The van der Waals surface area contributed by atoms with E-state index in [9.17, 15) is 0 Å². The predicted octanol–water partition coefficient (Wildman–Crippen LogP) is 3.14. The minimum atomic E-state index is -0.164. The lowest BCUT2D eigenvalue weighted by atomic mass is 9.86. The molecule has 1 atom stereocenters. The van der Waals surface area contributed by atoms with Gasteiger partial charge >= 0.3 is 0 Å². The van der Waals surface area contributed by atoms with Crippen molar-refractivity contribution >= 4 is 0 Å². The number of hydrogen-bond donors (Lipinski definition) is 1. The lowest BCUT2D eigenvalue weighted by Crippen LogP contribution is -2.15. The smallest absolute Gasteiger partial charge is 0.0641 e. The van der Waals surface area contributed by atoms with Crippen molar-refractivity contribution in [3.8, 4) is 6.07 Å². The van der Waals surface area contributed by atoms with Crippen LogP contribution in [0, 0.1) is 45.9 Å². The van der Waals surface area contributed by atoms with Crippen LogP contribution in [0.2, 0.25) is 0 Å². The molecule has 0 heterocycles. The fraction of sp³-hybridized carbons (Fsp3) is 0.500. The normalized spacial score (nSPS) is 12.3. The van der Waals surface area contributed by atoms with Crippen molar-refractivity contribution in [2.24, 2.45) is 5.73 Å². The number of nitrogens with zero attached hydrogens (tertiary/aromatic N) is 1. The van der Waals surface area contributed by atoms with E-state index in [2.05, 4.69) is 40.7 Å². The Labute approximate surface area is 98.1 Å². The highest BCUT2D eigenvalue weighted by Gasteiger charge is 2.17. The summed E-state index contributed by atoms with van der Waals surface area (Å²) in [5.74, 6) is 0. The predicted molar refractivity (Wildman–Crippen MR) is 67.3 cm³/mol. The molecule has 1 aromatic carbocycles. The van der Waals surface area contributed by atoms with E-state index < -0.39 is 0 Å². The van der Waals surface area contributed by atoms with Crippen LogP contribution in [0.4, 0.5) is 0 Å². The van der Waals surface area contributed by atoms with Gasteiger partial charge in [-0.2, -0.15) is 5.26 Å². The highest BCUT2D eigenvalue weighted by Crippen LogP contribution is 2.30. The van der Waals surface area contributed by atoms with Crippen LogP contribution in [-0.2, 0) is 0 Å². The first-order valence-electron chi connectivity index (χ1n) is 5.61. The summed E-state index contributed by atoms with van der Waals surface area (Å²) in [6.45, 7) is 10.6. The lowest BCUT2D eigenvalue weighted by molar-refractivity contribution is 0.732. The van der Waals surface area contributed by atoms with Crippen molar-refractivity contribution in [2.45, 2.75) is 47.1 Å². The molecule has 0 spiro atoms. The number of benzene rings is 1. The Balaban J connectivity index is 3.46. The quantitative estimate of drug-likeness (QED) is 0.825. The molecule has 0 bridgehead atoms. The van der Waals surface area contributed by atoms with Gasteiger partial charge < -0.3 is 5.73 Å². The van der Waals surface area contributed by atoms with E-state index in [1.807, 2.05) is 0 Å². The zero-order valence-electron chi connectivity index (χ0n) is 10.8. The Morgan fingerprint density at radius 2 is 1.31 bits per heavy atom. The van der Waals surface area contributed by atoms with Gasteiger partial charge in [-0.05, 0) is 68.0 Å². The average Bonchev–Trinajstić information content (AvgIpc) is 2.24. The van der Waals surface area contributed by atoms with Crippen molar-refractivity contribution in [1.82, 2.24) is 0 Å². The summed E-state index contributed by atoms with van der Waals surface area (Å²) in [5, 5.41) is 8.74. The molecule has 0 aliphatic rings. The number of rotatable bonds is 2. The van der Waals surface area contributed by atoms with E-state index >= 15 is 0 Å². The number of hydrogen-bond acceptors (Lipinski definition) is 2. The molecule has 16 heavy (non-hydrogen) atoms. The molecule has 0 saturated carbocycles. The third kappa shape index (κ3) is 1.96. The highest BCUT2D eigenvalue weighted by molar-refractivity contribution is 5.50. The van der Waals surface area contributed by atoms with Gasteiger partial charge in [0.1, 0.15) is 0 Å². The van der Waals surface area contributed by atoms with E-state index in [0.29, 0.717) is 6.42 Å². The van der Waals surface area contributed by atoms with Gasteiger partial charge in [0.05, 0.1) is 12.5 Å². The minimum absolute atomic E-state index is 0.164. The van der Waals surface area contributed by atoms with Crippen LogP contribution in [0.5, 0.6) is 0 Å². The molecule has 0 aliphatic heterocycles. The second kappa shape index (κ2) is 4.67. The molecule has 86 valence electrons. The molecule has 0 fully saturated rings. The Bertz CT molecular complexity index is 424. The van der Waals surface area contributed by atoms with Gasteiger partial charge in [0.25, 0.3) is 0 Å². The van der Waals surface area contributed by atoms with Crippen LogP contribution < -0.4 is 5.73 Å². The maximum absolute atomic E-state index is 8.74. The summed E-state index contributed by atoms with van der Waals surface area (Å²) in [6, 6.07) is 1.99. The molecule has 2 heteroatoms. The summed E-state index contributed by atoms with van der Waals surface area (Å²) in [7, 11) is 0. The summed E-state index contributed by atoms with van der Waals surface area (Å²) >= 11 is 0. The Hall–Kier alpha value is -1.33. The van der Waals surface area contributed by atoms with Gasteiger partial charge in [0.15, 0.2) is 0 Å². The molecule has 0 saturated heterocycles. The van der Waals surface area contributed by atoms with Gasteiger partial charge in [0, 0.05) is 6.04 Å². The summed E-state index contributed by atoms with van der Waals surface area (Å²) in [5.41, 5.74) is 13.6. The molecule has 1 rings (SSSR count). The highest BCUT2D eigenvalue weighted by atomic mass is 14.6. The molecule has 1 aromatic rings. The molecule has 0 aromatic heterocycles. The van der Waals surface area contributed by atoms with Crippen LogP contribution in [-0.4, -0.2) is 0 Å². The van der Waals surface area contributed by atoms with Crippen LogP contribution >= 0.6 is 0 Å². The van der Waals surface area contributed by atoms with Crippen LogP contribution in [0.25, 0.3) is 0 Å². The first kappa shape index (κ1) is 12.7. The van der Waals surface area contributed by atoms with Gasteiger partial charge in [-0.25, -0.2) is 0 Å². The molecule has 2 N–H and O–H groups in total.